The lowest BCUT2D eigenvalue weighted by atomic mass is 9.92. The standard InChI is InChI=1S/C16H25N5/c1-16(2,3)14-11-13-15(18-8-10-21(13)19-14)20(9-4-7-17)12-5-6-12/h8,10-12H,4-7,9,17H2,1-3H3. The van der Waals surface area contributed by atoms with E-state index in [4.69, 9.17) is 10.8 Å². The minimum atomic E-state index is 0.0466. The summed E-state index contributed by atoms with van der Waals surface area (Å²) in [5, 5.41) is 4.71. The Morgan fingerprint density at radius 1 is 1.38 bits per heavy atom. The number of hydrogen-bond acceptors (Lipinski definition) is 4. The molecule has 2 aromatic rings. The fraction of sp³-hybridized carbons (Fsp3) is 0.625. The van der Waals surface area contributed by atoms with Crippen LogP contribution in [0.1, 0.15) is 45.7 Å². The van der Waals surface area contributed by atoms with E-state index in [9.17, 15) is 0 Å². The number of nitrogens with zero attached hydrogens (tertiary/aromatic N) is 4. The molecule has 0 amide bonds. The molecule has 5 heteroatoms. The highest BCUT2D eigenvalue weighted by Crippen LogP contribution is 2.34. The number of fused-ring (bicyclic) bond motifs is 1. The molecule has 0 atom stereocenters. The summed E-state index contributed by atoms with van der Waals surface area (Å²) in [6.45, 7) is 8.27. The van der Waals surface area contributed by atoms with Crippen LogP contribution in [0.4, 0.5) is 5.82 Å². The van der Waals surface area contributed by atoms with E-state index in [0.717, 1.165) is 36.5 Å². The van der Waals surface area contributed by atoms with Gasteiger partial charge >= 0.3 is 0 Å². The Morgan fingerprint density at radius 2 is 2.14 bits per heavy atom. The molecule has 0 saturated heterocycles. The lowest BCUT2D eigenvalue weighted by Crippen LogP contribution is -2.29. The largest absolute Gasteiger partial charge is 0.352 e. The van der Waals surface area contributed by atoms with Crippen LogP contribution in [0.25, 0.3) is 5.52 Å². The van der Waals surface area contributed by atoms with E-state index in [0.29, 0.717) is 6.04 Å². The Bertz CT molecular complexity index is 621. The Morgan fingerprint density at radius 3 is 2.76 bits per heavy atom. The van der Waals surface area contributed by atoms with Gasteiger partial charge in [-0.05, 0) is 31.9 Å². The van der Waals surface area contributed by atoms with Crippen LogP contribution in [0.3, 0.4) is 0 Å². The molecule has 1 aliphatic rings. The van der Waals surface area contributed by atoms with Crippen molar-refractivity contribution in [2.75, 3.05) is 18.0 Å². The van der Waals surface area contributed by atoms with Gasteiger partial charge in [-0.1, -0.05) is 20.8 Å². The van der Waals surface area contributed by atoms with Crippen LogP contribution < -0.4 is 10.6 Å². The summed E-state index contributed by atoms with van der Waals surface area (Å²) < 4.78 is 1.96. The average Bonchev–Trinajstić information content (AvgIpc) is 3.15. The van der Waals surface area contributed by atoms with Crippen molar-refractivity contribution in [3.63, 3.8) is 0 Å². The SMILES string of the molecule is CC(C)(C)c1cc2c(N(CCCN)C3CC3)nccn2n1. The summed E-state index contributed by atoms with van der Waals surface area (Å²) in [6.07, 6.45) is 7.29. The highest BCUT2D eigenvalue weighted by Gasteiger charge is 2.31. The first-order chi connectivity index (χ1) is 10.0. The third-order valence-electron chi connectivity index (χ3n) is 4.00. The Balaban J connectivity index is 2.02. The van der Waals surface area contributed by atoms with Gasteiger partial charge in [-0.2, -0.15) is 5.10 Å². The number of aromatic nitrogens is 3. The fourth-order valence-corrected chi connectivity index (χ4v) is 2.61. The zero-order chi connectivity index (χ0) is 15.0. The molecular weight excluding hydrogens is 262 g/mol. The van der Waals surface area contributed by atoms with Gasteiger partial charge in [-0.25, -0.2) is 9.50 Å². The van der Waals surface area contributed by atoms with Crippen LogP contribution in [0.15, 0.2) is 18.5 Å². The lowest BCUT2D eigenvalue weighted by molar-refractivity contribution is 0.562. The second kappa shape index (κ2) is 5.30. The zero-order valence-electron chi connectivity index (χ0n) is 13.2. The molecule has 1 aliphatic carbocycles. The molecule has 114 valence electrons. The van der Waals surface area contributed by atoms with Gasteiger partial charge in [0.15, 0.2) is 5.82 Å². The maximum atomic E-state index is 5.68. The van der Waals surface area contributed by atoms with Gasteiger partial charge in [0.05, 0.1) is 5.69 Å². The molecule has 0 radical (unpaired) electrons. The fourth-order valence-electron chi connectivity index (χ4n) is 2.61. The Hall–Kier alpha value is -1.62. The molecule has 1 saturated carbocycles. The van der Waals surface area contributed by atoms with E-state index < -0.39 is 0 Å². The van der Waals surface area contributed by atoms with Gasteiger partial charge in [0.25, 0.3) is 0 Å². The maximum Gasteiger partial charge on any atom is 0.154 e. The van der Waals surface area contributed by atoms with Gasteiger partial charge in [-0.15, -0.1) is 0 Å². The van der Waals surface area contributed by atoms with Crippen LogP contribution in [-0.2, 0) is 5.41 Å². The third kappa shape index (κ3) is 2.88. The third-order valence-corrected chi connectivity index (χ3v) is 4.00. The molecule has 21 heavy (non-hydrogen) atoms. The molecule has 0 bridgehead atoms. The highest BCUT2D eigenvalue weighted by molar-refractivity contribution is 5.70. The minimum Gasteiger partial charge on any atom is -0.352 e. The molecular formula is C16H25N5. The molecule has 2 N–H and O–H groups in total. The predicted molar refractivity (Wildman–Crippen MR) is 85.7 cm³/mol. The smallest absolute Gasteiger partial charge is 0.154 e. The number of anilines is 1. The Labute approximate surface area is 126 Å². The van der Waals surface area contributed by atoms with Crippen molar-refractivity contribution < 1.29 is 0 Å². The van der Waals surface area contributed by atoms with Crippen molar-refractivity contribution >= 4 is 11.3 Å². The van der Waals surface area contributed by atoms with Crippen molar-refractivity contribution in [3.8, 4) is 0 Å². The molecule has 0 spiro atoms. The van der Waals surface area contributed by atoms with Crippen LogP contribution in [-0.4, -0.2) is 33.7 Å². The van der Waals surface area contributed by atoms with E-state index in [1.165, 1.54) is 12.8 Å². The molecule has 3 rings (SSSR count). The van der Waals surface area contributed by atoms with Crippen LogP contribution in [0.5, 0.6) is 0 Å². The Kier molecular flexibility index (Phi) is 3.61. The zero-order valence-corrected chi connectivity index (χ0v) is 13.2. The van der Waals surface area contributed by atoms with Gasteiger partial charge < -0.3 is 10.6 Å². The summed E-state index contributed by atoms with van der Waals surface area (Å²) in [5.74, 6) is 1.05. The van der Waals surface area contributed by atoms with Gasteiger partial charge in [-0.3, -0.25) is 0 Å². The van der Waals surface area contributed by atoms with Crippen LogP contribution >= 0.6 is 0 Å². The van der Waals surface area contributed by atoms with E-state index in [1.54, 1.807) is 0 Å². The van der Waals surface area contributed by atoms with E-state index in [-0.39, 0.29) is 5.41 Å². The van der Waals surface area contributed by atoms with E-state index in [2.05, 4.69) is 36.7 Å². The minimum absolute atomic E-state index is 0.0466. The summed E-state index contributed by atoms with van der Waals surface area (Å²) in [6, 6.07) is 2.81. The normalized spacial score (nSPS) is 15.6. The van der Waals surface area contributed by atoms with Crippen molar-refractivity contribution in [3.05, 3.63) is 24.2 Å². The van der Waals surface area contributed by atoms with E-state index >= 15 is 0 Å². The molecule has 0 unspecified atom stereocenters. The summed E-state index contributed by atoms with van der Waals surface area (Å²) in [5.41, 5.74) is 7.94. The molecule has 0 aliphatic heterocycles. The second-order valence-corrected chi connectivity index (χ2v) is 6.93. The molecule has 5 nitrogen and oxygen atoms in total. The van der Waals surface area contributed by atoms with E-state index in [1.807, 2.05) is 16.9 Å². The summed E-state index contributed by atoms with van der Waals surface area (Å²) >= 11 is 0. The van der Waals surface area contributed by atoms with Gasteiger partial charge in [0, 0.05) is 30.4 Å². The second-order valence-electron chi connectivity index (χ2n) is 6.93. The highest BCUT2D eigenvalue weighted by atomic mass is 15.3. The van der Waals surface area contributed by atoms with Crippen LogP contribution in [0.2, 0.25) is 0 Å². The monoisotopic (exact) mass is 287 g/mol. The quantitative estimate of drug-likeness (QED) is 0.917. The molecule has 2 heterocycles. The van der Waals surface area contributed by atoms with Gasteiger partial charge in [0.2, 0.25) is 0 Å². The van der Waals surface area contributed by atoms with Crippen molar-refractivity contribution in [2.45, 2.75) is 51.5 Å². The first-order valence-corrected chi connectivity index (χ1v) is 7.82. The topological polar surface area (TPSA) is 59.5 Å². The summed E-state index contributed by atoms with van der Waals surface area (Å²) in [4.78, 5) is 7.05. The number of rotatable bonds is 5. The number of hydrogen-bond donors (Lipinski definition) is 1. The first-order valence-electron chi connectivity index (χ1n) is 7.82. The lowest BCUT2D eigenvalue weighted by Gasteiger charge is -2.23. The molecule has 0 aromatic carbocycles. The maximum absolute atomic E-state index is 5.68. The average molecular weight is 287 g/mol. The predicted octanol–water partition coefficient (Wildman–Crippen LogP) is 2.34. The first kappa shape index (κ1) is 14.3. The van der Waals surface area contributed by atoms with Crippen molar-refractivity contribution in [1.29, 1.82) is 0 Å². The van der Waals surface area contributed by atoms with Crippen LogP contribution in [0, 0.1) is 0 Å². The number of nitrogens with two attached hydrogens (primary N) is 1. The van der Waals surface area contributed by atoms with Crippen molar-refractivity contribution in [2.24, 2.45) is 5.73 Å². The van der Waals surface area contributed by atoms with Crippen molar-refractivity contribution in [1.82, 2.24) is 14.6 Å². The molecule has 2 aromatic heterocycles. The van der Waals surface area contributed by atoms with Gasteiger partial charge in [0.1, 0.15) is 5.52 Å². The molecule has 1 fully saturated rings. The summed E-state index contributed by atoms with van der Waals surface area (Å²) in [7, 11) is 0.